The molecular formula is C21H28ClN5O3S. The van der Waals surface area contributed by atoms with Gasteiger partial charge in [-0.1, -0.05) is 31.5 Å². The largest absolute Gasteiger partial charge is 0.370 e. The van der Waals surface area contributed by atoms with Crippen LogP contribution in [0.15, 0.2) is 35.4 Å². The number of rotatable bonds is 7. The number of nitrogens with zero attached hydrogens (tertiary/aromatic N) is 3. The molecule has 168 valence electrons. The van der Waals surface area contributed by atoms with Crippen LogP contribution in [0.2, 0.25) is 5.15 Å². The van der Waals surface area contributed by atoms with Crippen molar-refractivity contribution in [1.82, 2.24) is 14.7 Å². The van der Waals surface area contributed by atoms with E-state index in [2.05, 4.69) is 40.8 Å². The van der Waals surface area contributed by atoms with Gasteiger partial charge in [0.15, 0.2) is 5.03 Å². The van der Waals surface area contributed by atoms with Crippen LogP contribution in [0.4, 0.5) is 11.6 Å². The standard InChI is InChI=1S/C21H28ClN5O3S/c1-5-11-23-17-7-6-8-18(25-17)31(29,30)26-20(28)15-9-10-16(22)24-19(15)27-13-14(2)12-21(27,3)4/h6-10,14H,5,11-13H2,1-4H3,(H,23,25)(H,26,28)/t14-/m0/s1. The number of sulfonamides is 1. The molecule has 10 heteroatoms. The molecule has 0 saturated carbocycles. The molecule has 3 heterocycles. The quantitative estimate of drug-likeness (QED) is 0.600. The molecule has 0 spiro atoms. The van der Waals surface area contributed by atoms with Crippen molar-refractivity contribution in [3.63, 3.8) is 0 Å². The highest BCUT2D eigenvalue weighted by Gasteiger charge is 2.39. The Morgan fingerprint density at radius 2 is 2.00 bits per heavy atom. The third kappa shape index (κ3) is 5.27. The zero-order valence-electron chi connectivity index (χ0n) is 18.1. The summed E-state index contributed by atoms with van der Waals surface area (Å²) in [5.41, 5.74) is -0.0957. The molecule has 31 heavy (non-hydrogen) atoms. The maximum Gasteiger partial charge on any atom is 0.281 e. The van der Waals surface area contributed by atoms with E-state index in [-0.39, 0.29) is 21.3 Å². The summed E-state index contributed by atoms with van der Waals surface area (Å²) >= 11 is 6.11. The number of carbonyl (C=O) groups excluding carboxylic acids is 1. The Morgan fingerprint density at radius 3 is 2.65 bits per heavy atom. The first-order valence-corrected chi connectivity index (χ1v) is 12.1. The number of hydrogen-bond acceptors (Lipinski definition) is 7. The van der Waals surface area contributed by atoms with Crippen LogP contribution in [0.5, 0.6) is 0 Å². The molecule has 8 nitrogen and oxygen atoms in total. The summed E-state index contributed by atoms with van der Waals surface area (Å²) in [4.78, 5) is 23.5. The molecule has 0 bridgehead atoms. The molecular weight excluding hydrogens is 438 g/mol. The van der Waals surface area contributed by atoms with Crippen LogP contribution < -0.4 is 14.9 Å². The summed E-state index contributed by atoms with van der Waals surface area (Å²) in [6, 6.07) is 7.58. The third-order valence-electron chi connectivity index (χ3n) is 5.20. The van der Waals surface area contributed by atoms with Crippen molar-refractivity contribution in [2.24, 2.45) is 5.92 Å². The van der Waals surface area contributed by atoms with E-state index in [9.17, 15) is 13.2 Å². The molecule has 1 aliphatic rings. The van der Waals surface area contributed by atoms with Gasteiger partial charge in [-0.25, -0.2) is 14.7 Å². The summed E-state index contributed by atoms with van der Waals surface area (Å²) in [6.45, 7) is 9.61. The Kier molecular flexibility index (Phi) is 6.76. The third-order valence-corrected chi connectivity index (χ3v) is 6.64. The second kappa shape index (κ2) is 9.00. The highest BCUT2D eigenvalue weighted by Crippen LogP contribution is 2.37. The van der Waals surface area contributed by atoms with Gasteiger partial charge in [0.05, 0.1) is 5.56 Å². The van der Waals surface area contributed by atoms with E-state index in [1.807, 2.05) is 11.8 Å². The normalized spacial score (nSPS) is 18.1. The van der Waals surface area contributed by atoms with E-state index < -0.39 is 15.9 Å². The minimum Gasteiger partial charge on any atom is -0.370 e. The van der Waals surface area contributed by atoms with Crippen molar-refractivity contribution < 1.29 is 13.2 Å². The summed E-state index contributed by atoms with van der Waals surface area (Å²) in [5.74, 6) is 0.431. The molecule has 2 aromatic heterocycles. The second-order valence-corrected chi connectivity index (χ2v) is 10.5. The van der Waals surface area contributed by atoms with Crippen LogP contribution in [-0.2, 0) is 10.0 Å². The summed E-state index contributed by atoms with van der Waals surface area (Å²) < 4.78 is 27.8. The molecule has 2 N–H and O–H groups in total. The van der Waals surface area contributed by atoms with E-state index in [0.29, 0.717) is 30.6 Å². The maximum atomic E-state index is 13.0. The fourth-order valence-electron chi connectivity index (χ4n) is 3.91. The Labute approximate surface area is 188 Å². The average molecular weight is 466 g/mol. The first kappa shape index (κ1) is 23.3. The van der Waals surface area contributed by atoms with Crippen molar-refractivity contribution in [1.29, 1.82) is 0 Å². The van der Waals surface area contributed by atoms with Gasteiger partial charge in [-0.2, -0.15) is 8.42 Å². The Morgan fingerprint density at radius 1 is 1.26 bits per heavy atom. The van der Waals surface area contributed by atoms with Crippen molar-refractivity contribution in [3.05, 3.63) is 41.0 Å². The molecule has 3 rings (SSSR count). The van der Waals surface area contributed by atoms with Gasteiger partial charge >= 0.3 is 0 Å². The molecule has 0 aromatic carbocycles. The number of aromatic nitrogens is 2. The molecule has 0 radical (unpaired) electrons. The van der Waals surface area contributed by atoms with Crippen LogP contribution in [0.25, 0.3) is 0 Å². The van der Waals surface area contributed by atoms with Crippen molar-refractivity contribution in [2.45, 2.75) is 51.1 Å². The Balaban J connectivity index is 1.90. The number of nitrogens with one attached hydrogen (secondary N) is 2. The Bertz CT molecular complexity index is 1070. The smallest absolute Gasteiger partial charge is 0.281 e. The van der Waals surface area contributed by atoms with Gasteiger partial charge in [-0.15, -0.1) is 0 Å². The van der Waals surface area contributed by atoms with E-state index in [1.165, 1.54) is 18.2 Å². The number of anilines is 2. The number of amides is 1. The van der Waals surface area contributed by atoms with Gasteiger partial charge < -0.3 is 10.2 Å². The van der Waals surface area contributed by atoms with Crippen LogP contribution in [0.3, 0.4) is 0 Å². The van der Waals surface area contributed by atoms with Crippen molar-refractivity contribution in [3.8, 4) is 0 Å². The minimum absolute atomic E-state index is 0.149. The van der Waals surface area contributed by atoms with E-state index in [0.717, 1.165) is 12.8 Å². The lowest BCUT2D eigenvalue weighted by atomic mass is 9.97. The highest BCUT2D eigenvalue weighted by atomic mass is 35.5. The molecule has 1 amide bonds. The molecule has 1 aliphatic heterocycles. The molecule has 1 saturated heterocycles. The van der Waals surface area contributed by atoms with Gasteiger partial charge in [-0.3, -0.25) is 4.79 Å². The van der Waals surface area contributed by atoms with E-state index >= 15 is 0 Å². The van der Waals surface area contributed by atoms with Crippen molar-refractivity contribution >= 4 is 39.2 Å². The zero-order valence-corrected chi connectivity index (χ0v) is 19.7. The second-order valence-electron chi connectivity index (χ2n) is 8.46. The topological polar surface area (TPSA) is 104 Å². The lowest BCUT2D eigenvalue weighted by molar-refractivity contribution is 0.0981. The van der Waals surface area contributed by atoms with Crippen LogP contribution in [0, 0.1) is 5.92 Å². The molecule has 0 aliphatic carbocycles. The predicted molar refractivity (Wildman–Crippen MR) is 122 cm³/mol. The lowest BCUT2D eigenvalue weighted by Gasteiger charge is -2.33. The minimum atomic E-state index is -4.18. The monoisotopic (exact) mass is 465 g/mol. The average Bonchev–Trinajstić information content (AvgIpc) is 2.98. The molecule has 2 aromatic rings. The molecule has 0 unspecified atom stereocenters. The van der Waals surface area contributed by atoms with Gasteiger partial charge in [0.2, 0.25) is 0 Å². The Hall–Kier alpha value is -2.39. The number of pyridine rings is 2. The zero-order chi connectivity index (χ0) is 22.8. The maximum absolute atomic E-state index is 13.0. The number of halogens is 1. The fraction of sp³-hybridized carbons (Fsp3) is 0.476. The van der Waals surface area contributed by atoms with Crippen LogP contribution in [0.1, 0.15) is 50.9 Å². The fourth-order valence-corrected chi connectivity index (χ4v) is 4.99. The van der Waals surface area contributed by atoms with Gasteiger partial charge in [0.25, 0.3) is 15.9 Å². The number of carbonyl (C=O) groups is 1. The van der Waals surface area contributed by atoms with Crippen LogP contribution in [-0.4, -0.2) is 42.9 Å². The van der Waals surface area contributed by atoms with E-state index in [1.54, 1.807) is 12.1 Å². The van der Waals surface area contributed by atoms with Gasteiger partial charge in [0, 0.05) is 18.6 Å². The van der Waals surface area contributed by atoms with Crippen LogP contribution >= 0.6 is 11.6 Å². The summed E-state index contributed by atoms with van der Waals surface area (Å²) in [5, 5.41) is 3.04. The molecule has 1 atom stereocenters. The summed E-state index contributed by atoms with van der Waals surface area (Å²) in [7, 11) is -4.18. The first-order valence-electron chi connectivity index (χ1n) is 10.3. The van der Waals surface area contributed by atoms with Gasteiger partial charge in [-0.05, 0) is 56.9 Å². The molecule has 1 fully saturated rings. The first-order chi connectivity index (χ1) is 14.5. The predicted octanol–water partition coefficient (Wildman–Crippen LogP) is 3.70. The van der Waals surface area contributed by atoms with Gasteiger partial charge in [0.1, 0.15) is 16.8 Å². The lowest BCUT2D eigenvalue weighted by Crippen LogP contribution is -2.41. The van der Waals surface area contributed by atoms with Crippen molar-refractivity contribution in [2.75, 3.05) is 23.3 Å². The summed E-state index contributed by atoms with van der Waals surface area (Å²) in [6.07, 6.45) is 1.79. The van der Waals surface area contributed by atoms with E-state index in [4.69, 9.17) is 11.6 Å². The number of hydrogen-bond donors (Lipinski definition) is 2. The highest BCUT2D eigenvalue weighted by molar-refractivity contribution is 7.90. The SMILES string of the molecule is CCCNc1cccc(S(=O)(=O)NC(=O)c2ccc(Cl)nc2N2C[C@@H](C)CC2(C)C)n1.